The van der Waals surface area contributed by atoms with E-state index in [1.54, 1.807) is 57.4 Å². The average molecular weight is 372 g/mol. The summed E-state index contributed by atoms with van der Waals surface area (Å²) in [7, 11) is 0. The second-order valence-electron chi connectivity index (χ2n) is 7.04. The van der Waals surface area contributed by atoms with Crippen LogP contribution in [0.2, 0.25) is 0 Å². The summed E-state index contributed by atoms with van der Waals surface area (Å²) in [6.45, 7) is 5.50. The third-order valence-corrected chi connectivity index (χ3v) is 3.46. The fourth-order valence-electron chi connectivity index (χ4n) is 2.30. The molecular weight excluding hydrogens is 348 g/mol. The molecule has 0 saturated carbocycles. The monoisotopic (exact) mass is 372 g/mol. The number of amides is 1. The highest BCUT2D eigenvalue weighted by atomic mass is 16.6. The molecule has 0 spiro atoms. The molecular formula is C20H24N2O5. The lowest BCUT2D eigenvalue weighted by molar-refractivity contribution is -0.139. The number of benzene rings is 1. The van der Waals surface area contributed by atoms with Gasteiger partial charge in [0.1, 0.15) is 24.0 Å². The number of nitrogens with one attached hydrogen (secondary N) is 1. The normalized spacial score (nSPS) is 12.1. The van der Waals surface area contributed by atoms with Crippen LogP contribution in [0.4, 0.5) is 4.79 Å². The van der Waals surface area contributed by atoms with Crippen LogP contribution in [0.5, 0.6) is 5.75 Å². The van der Waals surface area contributed by atoms with Gasteiger partial charge >= 0.3 is 12.1 Å². The molecule has 1 heterocycles. The van der Waals surface area contributed by atoms with E-state index in [2.05, 4.69) is 10.3 Å². The van der Waals surface area contributed by atoms with Gasteiger partial charge in [0.25, 0.3) is 0 Å². The number of nitrogens with zero attached hydrogens (tertiary/aromatic N) is 1. The molecule has 0 bridgehead atoms. The maximum atomic E-state index is 11.9. The average Bonchev–Trinajstić information content (AvgIpc) is 2.59. The van der Waals surface area contributed by atoms with Crippen LogP contribution < -0.4 is 10.1 Å². The van der Waals surface area contributed by atoms with E-state index in [0.717, 1.165) is 11.1 Å². The zero-order valence-electron chi connectivity index (χ0n) is 15.6. The predicted molar refractivity (Wildman–Crippen MR) is 99.5 cm³/mol. The van der Waals surface area contributed by atoms with Crippen molar-refractivity contribution in [2.45, 2.75) is 45.4 Å². The van der Waals surface area contributed by atoms with Gasteiger partial charge in [-0.25, -0.2) is 9.59 Å². The molecule has 7 nitrogen and oxygen atoms in total. The van der Waals surface area contributed by atoms with Gasteiger partial charge in [0.15, 0.2) is 0 Å². The Balaban J connectivity index is 1.99. The number of hydrogen-bond donors (Lipinski definition) is 2. The van der Waals surface area contributed by atoms with Gasteiger partial charge in [-0.3, -0.25) is 4.98 Å². The SMILES string of the molecule is CC(C)(C)OC(=O)NC(Cc1cccc(OCc2cccnc2)c1)C(=O)O. The standard InChI is InChI=1S/C20H24N2O5/c1-20(2,3)27-19(25)22-17(18(23)24)11-14-6-4-8-16(10-14)26-13-15-7-5-9-21-12-15/h4-10,12,17H,11,13H2,1-3H3,(H,22,25)(H,23,24). The molecule has 7 heteroatoms. The Hall–Kier alpha value is -3.09. The number of rotatable bonds is 7. The quantitative estimate of drug-likeness (QED) is 0.775. The minimum atomic E-state index is -1.14. The number of alkyl carbamates (subject to hydrolysis) is 1. The van der Waals surface area contributed by atoms with Crippen LogP contribution in [-0.4, -0.2) is 33.8 Å². The molecule has 1 amide bonds. The first-order chi connectivity index (χ1) is 12.7. The van der Waals surface area contributed by atoms with Crippen molar-refractivity contribution in [1.82, 2.24) is 10.3 Å². The van der Waals surface area contributed by atoms with Crippen LogP contribution in [0.1, 0.15) is 31.9 Å². The number of carbonyl (C=O) groups is 2. The van der Waals surface area contributed by atoms with E-state index in [1.165, 1.54) is 0 Å². The van der Waals surface area contributed by atoms with E-state index in [4.69, 9.17) is 9.47 Å². The second-order valence-corrected chi connectivity index (χ2v) is 7.04. The highest BCUT2D eigenvalue weighted by Gasteiger charge is 2.24. The van der Waals surface area contributed by atoms with Crippen molar-refractivity contribution in [3.05, 3.63) is 59.9 Å². The molecule has 1 aromatic heterocycles. The van der Waals surface area contributed by atoms with Crippen molar-refractivity contribution < 1.29 is 24.2 Å². The Bertz CT molecular complexity index is 771. The molecule has 2 N–H and O–H groups in total. The number of carboxylic acid groups (broad SMARTS) is 1. The Labute approximate surface area is 158 Å². The summed E-state index contributed by atoms with van der Waals surface area (Å²) in [5.41, 5.74) is 0.952. The Morgan fingerprint density at radius 1 is 1.19 bits per heavy atom. The van der Waals surface area contributed by atoms with Crippen LogP contribution >= 0.6 is 0 Å². The summed E-state index contributed by atoms with van der Waals surface area (Å²) < 4.78 is 10.8. The van der Waals surface area contributed by atoms with Gasteiger partial charge in [-0.1, -0.05) is 18.2 Å². The summed E-state index contributed by atoms with van der Waals surface area (Å²) >= 11 is 0. The van der Waals surface area contributed by atoms with Gasteiger partial charge < -0.3 is 19.9 Å². The first-order valence-corrected chi connectivity index (χ1v) is 8.56. The lowest BCUT2D eigenvalue weighted by atomic mass is 10.1. The largest absolute Gasteiger partial charge is 0.489 e. The highest BCUT2D eigenvalue weighted by molar-refractivity contribution is 5.80. The minimum Gasteiger partial charge on any atom is -0.489 e. The number of aromatic nitrogens is 1. The third kappa shape index (κ3) is 7.35. The number of aliphatic carboxylic acids is 1. The zero-order valence-corrected chi connectivity index (χ0v) is 15.6. The van der Waals surface area contributed by atoms with E-state index < -0.39 is 23.7 Å². The number of carboxylic acids is 1. The first kappa shape index (κ1) is 20.2. The molecule has 2 aromatic rings. The van der Waals surface area contributed by atoms with Crippen LogP contribution in [0.15, 0.2) is 48.8 Å². The zero-order chi connectivity index (χ0) is 19.9. The van der Waals surface area contributed by atoms with Crippen LogP contribution in [-0.2, 0) is 22.6 Å². The predicted octanol–water partition coefficient (Wildman–Crippen LogP) is 3.18. The molecule has 1 unspecified atom stereocenters. The third-order valence-electron chi connectivity index (χ3n) is 3.46. The molecule has 0 radical (unpaired) electrons. The van der Waals surface area contributed by atoms with Gasteiger partial charge in [-0.05, 0) is 44.5 Å². The van der Waals surface area contributed by atoms with Crippen LogP contribution in [0.3, 0.4) is 0 Å². The Morgan fingerprint density at radius 3 is 2.56 bits per heavy atom. The van der Waals surface area contributed by atoms with Crippen molar-refractivity contribution in [3.8, 4) is 5.75 Å². The molecule has 2 rings (SSSR count). The number of ether oxygens (including phenoxy) is 2. The summed E-state index contributed by atoms with van der Waals surface area (Å²) in [4.78, 5) is 27.4. The molecule has 27 heavy (non-hydrogen) atoms. The first-order valence-electron chi connectivity index (χ1n) is 8.56. The van der Waals surface area contributed by atoms with E-state index in [9.17, 15) is 14.7 Å². The topological polar surface area (TPSA) is 97.8 Å². The van der Waals surface area contributed by atoms with Crippen molar-refractivity contribution in [2.24, 2.45) is 0 Å². The van der Waals surface area contributed by atoms with Crippen molar-refractivity contribution in [1.29, 1.82) is 0 Å². The van der Waals surface area contributed by atoms with Crippen molar-refractivity contribution in [2.75, 3.05) is 0 Å². The summed E-state index contributed by atoms with van der Waals surface area (Å²) in [6, 6.07) is 9.73. The van der Waals surface area contributed by atoms with E-state index in [1.807, 2.05) is 12.1 Å². The minimum absolute atomic E-state index is 0.110. The number of carbonyl (C=O) groups excluding carboxylic acids is 1. The molecule has 0 aliphatic heterocycles. The van der Waals surface area contributed by atoms with Crippen LogP contribution in [0, 0.1) is 0 Å². The Morgan fingerprint density at radius 2 is 1.93 bits per heavy atom. The van der Waals surface area contributed by atoms with Crippen molar-refractivity contribution in [3.63, 3.8) is 0 Å². The number of pyridine rings is 1. The smallest absolute Gasteiger partial charge is 0.408 e. The fraction of sp³-hybridized carbons (Fsp3) is 0.350. The lowest BCUT2D eigenvalue weighted by Gasteiger charge is -2.22. The van der Waals surface area contributed by atoms with E-state index in [0.29, 0.717) is 12.4 Å². The van der Waals surface area contributed by atoms with E-state index in [-0.39, 0.29) is 6.42 Å². The van der Waals surface area contributed by atoms with Gasteiger partial charge in [0.05, 0.1) is 0 Å². The van der Waals surface area contributed by atoms with E-state index >= 15 is 0 Å². The molecule has 1 atom stereocenters. The maximum Gasteiger partial charge on any atom is 0.408 e. The molecule has 0 saturated heterocycles. The Kier molecular flexibility index (Phi) is 6.76. The van der Waals surface area contributed by atoms with Gasteiger partial charge in [-0.15, -0.1) is 0 Å². The highest BCUT2D eigenvalue weighted by Crippen LogP contribution is 2.17. The summed E-state index contributed by atoms with van der Waals surface area (Å²) in [6.07, 6.45) is 2.75. The second kappa shape index (κ2) is 9.02. The number of hydrogen-bond acceptors (Lipinski definition) is 5. The van der Waals surface area contributed by atoms with Gasteiger partial charge in [-0.2, -0.15) is 0 Å². The fourth-order valence-corrected chi connectivity index (χ4v) is 2.30. The van der Waals surface area contributed by atoms with Gasteiger partial charge in [0.2, 0.25) is 0 Å². The maximum absolute atomic E-state index is 11.9. The van der Waals surface area contributed by atoms with Crippen LogP contribution in [0.25, 0.3) is 0 Å². The molecule has 144 valence electrons. The summed E-state index contributed by atoms with van der Waals surface area (Å²) in [5, 5.41) is 11.8. The molecule has 0 aliphatic rings. The molecule has 1 aromatic carbocycles. The lowest BCUT2D eigenvalue weighted by Crippen LogP contribution is -2.44. The van der Waals surface area contributed by atoms with Crippen molar-refractivity contribution >= 4 is 12.1 Å². The molecule has 0 fully saturated rings. The van der Waals surface area contributed by atoms with Gasteiger partial charge in [0, 0.05) is 24.4 Å². The molecule has 0 aliphatic carbocycles. The summed E-state index contributed by atoms with van der Waals surface area (Å²) in [5.74, 6) is -0.527.